The third-order valence-electron chi connectivity index (χ3n) is 1.99. The van der Waals surface area contributed by atoms with Crippen molar-refractivity contribution in [3.8, 4) is 0 Å². The maximum Gasteiger partial charge on any atom is 0.216 e. The summed E-state index contributed by atoms with van der Waals surface area (Å²) in [6.07, 6.45) is 0.825. The van der Waals surface area contributed by atoms with Gasteiger partial charge in [0.2, 0.25) is 5.91 Å². The summed E-state index contributed by atoms with van der Waals surface area (Å²) in [6, 6.07) is 7.72. The number of rotatable bonds is 4. The Hall–Kier alpha value is -1.35. The molecule has 76 valence electrons. The lowest BCUT2D eigenvalue weighted by molar-refractivity contribution is -0.118. The van der Waals surface area contributed by atoms with E-state index in [2.05, 4.69) is 5.32 Å². The molecule has 2 N–H and O–H groups in total. The Bertz CT molecular complexity index is 293. The van der Waals surface area contributed by atoms with E-state index in [1.54, 1.807) is 0 Å². The Kier molecular flexibility index (Phi) is 4.13. The molecule has 0 aliphatic rings. The first-order chi connectivity index (χ1) is 6.72. The summed E-state index contributed by atoms with van der Waals surface area (Å²) in [5, 5.41) is 11.6. The van der Waals surface area contributed by atoms with E-state index in [4.69, 9.17) is 5.11 Å². The van der Waals surface area contributed by atoms with Crippen LogP contribution < -0.4 is 5.32 Å². The monoisotopic (exact) mass is 193 g/mol. The first kappa shape index (κ1) is 10.7. The minimum absolute atomic E-state index is 0.00280. The third kappa shape index (κ3) is 3.58. The molecule has 1 amide bonds. The zero-order valence-electron chi connectivity index (χ0n) is 8.29. The van der Waals surface area contributed by atoms with Crippen LogP contribution >= 0.6 is 0 Å². The number of hydrogen-bond donors (Lipinski definition) is 2. The summed E-state index contributed by atoms with van der Waals surface area (Å²) in [7, 11) is 0. The van der Waals surface area contributed by atoms with Gasteiger partial charge in [0, 0.05) is 13.5 Å². The summed E-state index contributed by atoms with van der Waals surface area (Å²) in [5.74, 6) is -0.00280. The molecule has 0 atom stereocenters. The molecular weight excluding hydrogens is 178 g/mol. The Morgan fingerprint density at radius 3 is 2.36 bits per heavy atom. The van der Waals surface area contributed by atoms with Crippen LogP contribution in [0.4, 0.5) is 0 Å². The molecule has 1 aromatic rings. The van der Waals surface area contributed by atoms with Crippen LogP contribution in [0.25, 0.3) is 0 Å². The van der Waals surface area contributed by atoms with Gasteiger partial charge in [-0.05, 0) is 17.5 Å². The summed E-state index contributed by atoms with van der Waals surface area (Å²) < 4.78 is 0. The number of amides is 1. The number of benzene rings is 1. The number of hydrogen-bond acceptors (Lipinski definition) is 2. The lowest BCUT2D eigenvalue weighted by Crippen LogP contribution is -2.22. The van der Waals surface area contributed by atoms with Crippen molar-refractivity contribution < 1.29 is 9.90 Å². The van der Waals surface area contributed by atoms with Gasteiger partial charge in [0.25, 0.3) is 0 Å². The van der Waals surface area contributed by atoms with Crippen molar-refractivity contribution in [3.05, 3.63) is 35.4 Å². The minimum Gasteiger partial charge on any atom is -0.392 e. The van der Waals surface area contributed by atoms with Gasteiger partial charge in [-0.25, -0.2) is 0 Å². The molecule has 0 aliphatic heterocycles. The topological polar surface area (TPSA) is 49.3 Å². The zero-order chi connectivity index (χ0) is 10.4. The summed E-state index contributed by atoms with van der Waals surface area (Å²) in [6.45, 7) is 2.24. The molecule has 0 bridgehead atoms. The van der Waals surface area contributed by atoms with Gasteiger partial charge in [-0.1, -0.05) is 24.3 Å². The molecule has 0 aromatic heterocycles. The van der Waals surface area contributed by atoms with Gasteiger partial charge < -0.3 is 10.4 Å². The van der Waals surface area contributed by atoms with E-state index in [0.29, 0.717) is 6.54 Å². The molecular formula is C11H15NO2. The van der Waals surface area contributed by atoms with Crippen LogP contribution in [0, 0.1) is 0 Å². The lowest BCUT2D eigenvalue weighted by atomic mass is 10.1. The van der Waals surface area contributed by atoms with Crippen molar-refractivity contribution in [2.75, 3.05) is 6.54 Å². The highest BCUT2D eigenvalue weighted by atomic mass is 16.3. The zero-order valence-corrected chi connectivity index (χ0v) is 8.29. The molecule has 0 aliphatic carbocycles. The molecule has 1 aromatic carbocycles. The average Bonchev–Trinajstić information content (AvgIpc) is 2.18. The van der Waals surface area contributed by atoms with Crippen molar-refractivity contribution in [1.82, 2.24) is 5.32 Å². The predicted octanol–water partition coefficient (Wildman–Crippen LogP) is 0.857. The van der Waals surface area contributed by atoms with Crippen LogP contribution in [0.15, 0.2) is 24.3 Å². The largest absolute Gasteiger partial charge is 0.392 e. The van der Waals surface area contributed by atoms with Gasteiger partial charge in [0.15, 0.2) is 0 Å². The Labute approximate surface area is 83.8 Å². The normalized spacial score (nSPS) is 9.86. The van der Waals surface area contributed by atoms with Crippen molar-refractivity contribution in [2.45, 2.75) is 20.0 Å². The van der Waals surface area contributed by atoms with E-state index in [1.807, 2.05) is 24.3 Å². The Morgan fingerprint density at radius 1 is 1.29 bits per heavy atom. The molecule has 3 nitrogen and oxygen atoms in total. The second kappa shape index (κ2) is 5.40. The fourth-order valence-corrected chi connectivity index (χ4v) is 1.19. The van der Waals surface area contributed by atoms with Gasteiger partial charge in [-0.15, -0.1) is 0 Å². The number of carbonyl (C=O) groups is 1. The van der Waals surface area contributed by atoms with Crippen molar-refractivity contribution >= 4 is 5.91 Å². The number of nitrogens with one attached hydrogen (secondary N) is 1. The first-order valence-corrected chi connectivity index (χ1v) is 4.65. The van der Waals surface area contributed by atoms with E-state index in [0.717, 1.165) is 17.5 Å². The molecule has 3 heteroatoms. The van der Waals surface area contributed by atoms with Crippen molar-refractivity contribution in [3.63, 3.8) is 0 Å². The summed E-state index contributed by atoms with van der Waals surface area (Å²) >= 11 is 0. The molecule has 0 saturated heterocycles. The van der Waals surface area contributed by atoms with E-state index in [-0.39, 0.29) is 12.5 Å². The fourth-order valence-electron chi connectivity index (χ4n) is 1.19. The van der Waals surface area contributed by atoms with Gasteiger partial charge in [-0.2, -0.15) is 0 Å². The number of aliphatic hydroxyl groups excluding tert-OH is 1. The molecule has 0 heterocycles. The molecule has 0 spiro atoms. The highest BCUT2D eigenvalue weighted by Crippen LogP contribution is 2.04. The smallest absolute Gasteiger partial charge is 0.216 e. The summed E-state index contributed by atoms with van der Waals surface area (Å²) in [4.78, 5) is 10.6. The van der Waals surface area contributed by atoms with Gasteiger partial charge in [-0.3, -0.25) is 4.79 Å². The fraction of sp³-hybridized carbons (Fsp3) is 0.364. The number of carbonyl (C=O) groups excluding carboxylic acids is 1. The minimum atomic E-state index is -0.00280. The average molecular weight is 193 g/mol. The van der Waals surface area contributed by atoms with Crippen LogP contribution in [0.2, 0.25) is 0 Å². The maximum atomic E-state index is 10.6. The quantitative estimate of drug-likeness (QED) is 0.745. The van der Waals surface area contributed by atoms with Crippen LogP contribution in [-0.4, -0.2) is 17.6 Å². The second-order valence-corrected chi connectivity index (χ2v) is 3.21. The van der Waals surface area contributed by atoms with Crippen LogP contribution in [-0.2, 0) is 17.8 Å². The van der Waals surface area contributed by atoms with Crippen molar-refractivity contribution in [1.29, 1.82) is 0 Å². The first-order valence-electron chi connectivity index (χ1n) is 4.65. The van der Waals surface area contributed by atoms with E-state index in [1.165, 1.54) is 6.92 Å². The highest BCUT2D eigenvalue weighted by molar-refractivity contribution is 5.72. The van der Waals surface area contributed by atoms with Crippen LogP contribution in [0.5, 0.6) is 0 Å². The van der Waals surface area contributed by atoms with E-state index in [9.17, 15) is 4.79 Å². The Morgan fingerprint density at radius 2 is 1.86 bits per heavy atom. The van der Waals surface area contributed by atoms with Gasteiger partial charge in [0.1, 0.15) is 0 Å². The molecule has 14 heavy (non-hydrogen) atoms. The van der Waals surface area contributed by atoms with Gasteiger partial charge in [0.05, 0.1) is 6.61 Å². The van der Waals surface area contributed by atoms with Gasteiger partial charge >= 0.3 is 0 Å². The molecule has 0 fully saturated rings. The lowest BCUT2D eigenvalue weighted by Gasteiger charge is -2.03. The van der Waals surface area contributed by atoms with Crippen LogP contribution in [0.1, 0.15) is 18.1 Å². The molecule has 0 saturated carbocycles. The van der Waals surface area contributed by atoms with Crippen molar-refractivity contribution in [2.24, 2.45) is 0 Å². The van der Waals surface area contributed by atoms with E-state index >= 15 is 0 Å². The molecule has 1 rings (SSSR count). The predicted molar refractivity (Wildman–Crippen MR) is 54.8 cm³/mol. The molecule has 0 unspecified atom stereocenters. The maximum absolute atomic E-state index is 10.6. The third-order valence-corrected chi connectivity index (χ3v) is 1.99. The second-order valence-electron chi connectivity index (χ2n) is 3.21. The van der Waals surface area contributed by atoms with E-state index < -0.39 is 0 Å². The summed E-state index contributed by atoms with van der Waals surface area (Å²) in [5.41, 5.74) is 2.07. The highest BCUT2D eigenvalue weighted by Gasteiger charge is 1.95. The van der Waals surface area contributed by atoms with Crippen LogP contribution in [0.3, 0.4) is 0 Å². The number of aliphatic hydroxyl groups is 1. The molecule has 0 radical (unpaired) electrons. The SMILES string of the molecule is CC(=O)NCCc1ccc(CO)cc1. The standard InChI is InChI=1S/C11H15NO2/c1-9(14)12-7-6-10-2-4-11(8-13)5-3-10/h2-5,13H,6-8H2,1H3,(H,12,14). The Balaban J connectivity index is 2.40.